The summed E-state index contributed by atoms with van der Waals surface area (Å²) in [4.78, 5) is 37.9. The molecular formula is C18H23ClN2O4. The SMILES string of the molecule is CC(C)[C@H](NC(=O)C1CCCN(C(=O)c2ccc(Cl)cc2)C1)C(=O)O. The second-order valence-electron chi connectivity index (χ2n) is 6.67. The van der Waals surface area contributed by atoms with Crippen LogP contribution in [0.3, 0.4) is 0 Å². The summed E-state index contributed by atoms with van der Waals surface area (Å²) in [6.07, 6.45) is 1.34. The van der Waals surface area contributed by atoms with Gasteiger partial charge >= 0.3 is 5.97 Å². The average molecular weight is 367 g/mol. The number of hydrogen-bond donors (Lipinski definition) is 2. The number of benzene rings is 1. The number of carbonyl (C=O) groups is 3. The predicted octanol–water partition coefficient (Wildman–Crippen LogP) is 2.42. The van der Waals surface area contributed by atoms with E-state index < -0.39 is 17.9 Å². The normalized spacial score (nSPS) is 18.7. The fourth-order valence-electron chi connectivity index (χ4n) is 2.94. The molecule has 1 aliphatic rings. The van der Waals surface area contributed by atoms with E-state index in [4.69, 9.17) is 11.6 Å². The molecule has 1 heterocycles. The van der Waals surface area contributed by atoms with Gasteiger partial charge in [0.25, 0.3) is 5.91 Å². The molecule has 1 aromatic carbocycles. The van der Waals surface area contributed by atoms with E-state index in [0.717, 1.165) is 0 Å². The Balaban J connectivity index is 2.02. The molecule has 0 radical (unpaired) electrons. The fourth-order valence-corrected chi connectivity index (χ4v) is 3.06. The molecule has 2 rings (SSSR count). The number of carbonyl (C=O) groups excluding carboxylic acids is 2. The summed E-state index contributed by atoms with van der Waals surface area (Å²) in [5.74, 6) is -2.11. The summed E-state index contributed by atoms with van der Waals surface area (Å²) in [5.41, 5.74) is 0.524. The van der Waals surface area contributed by atoms with Crippen LogP contribution in [0.25, 0.3) is 0 Å². The molecule has 1 unspecified atom stereocenters. The van der Waals surface area contributed by atoms with E-state index in [2.05, 4.69) is 5.32 Å². The Kier molecular flexibility index (Phi) is 6.42. The van der Waals surface area contributed by atoms with Gasteiger partial charge in [0.1, 0.15) is 6.04 Å². The number of likely N-dealkylation sites (tertiary alicyclic amines) is 1. The topological polar surface area (TPSA) is 86.7 Å². The standard InChI is InChI=1S/C18H23ClN2O4/c1-11(2)15(18(24)25)20-16(22)13-4-3-9-21(10-13)17(23)12-5-7-14(19)8-6-12/h5-8,11,13,15H,3-4,9-10H2,1-2H3,(H,20,22)(H,24,25)/t13?,15-/m0/s1. The summed E-state index contributed by atoms with van der Waals surface area (Å²) in [5, 5.41) is 12.4. The van der Waals surface area contributed by atoms with Crippen LogP contribution in [0.4, 0.5) is 0 Å². The minimum atomic E-state index is -1.05. The number of aliphatic carboxylic acids is 1. The van der Waals surface area contributed by atoms with Gasteiger partial charge in [-0.05, 0) is 43.0 Å². The van der Waals surface area contributed by atoms with Crippen molar-refractivity contribution < 1.29 is 19.5 Å². The Morgan fingerprint density at radius 3 is 2.44 bits per heavy atom. The van der Waals surface area contributed by atoms with Gasteiger partial charge in [0.15, 0.2) is 0 Å². The van der Waals surface area contributed by atoms with Crippen molar-refractivity contribution in [3.05, 3.63) is 34.9 Å². The number of rotatable bonds is 5. The maximum absolute atomic E-state index is 12.6. The van der Waals surface area contributed by atoms with Crippen LogP contribution in [0.15, 0.2) is 24.3 Å². The van der Waals surface area contributed by atoms with Gasteiger partial charge in [0.05, 0.1) is 5.92 Å². The van der Waals surface area contributed by atoms with Gasteiger partial charge in [-0.15, -0.1) is 0 Å². The van der Waals surface area contributed by atoms with Crippen molar-refractivity contribution in [2.75, 3.05) is 13.1 Å². The summed E-state index contributed by atoms with van der Waals surface area (Å²) >= 11 is 5.84. The molecule has 2 atom stereocenters. The number of nitrogens with zero attached hydrogens (tertiary/aromatic N) is 1. The monoisotopic (exact) mass is 366 g/mol. The first-order valence-electron chi connectivity index (χ1n) is 8.37. The molecule has 6 nitrogen and oxygen atoms in total. The average Bonchev–Trinajstić information content (AvgIpc) is 2.59. The van der Waals surface area contributed by atoms with Crippen LogP contribution < -0.4 is 5.32 Å². The summed E-state index contributed by atoms with van der Waals surface area (Å²) < 4.78 is 0. The molecule has 0 aliphatic carbocycles. The molecule has 1 aliphatic heterocycles. The lowest BCUT2D eigenvalue weighted by molar-refractivity contribution is -0.144. The van der Waals surface area contributed by atoms with E-state index in [1.807, 2.05) is 0 Å². The zero-order chi connectivity index (χ0) is 18.6. The zero-order valence-corrected chi connectivity index (χ0v) is 15.1. The summed E-state index contributed by atoms with van der Waals surface area (Å²) in [6.45, 7) is 4.36. The lowest BCUT2D eigenvalue weighted by Gasteiger charge is -2.33. The Morgan fingerprint density at radius 1 is 1.24 bits per heavy atom. The van der Waals surface area contributed by atoms with Crippen LogP contribution >= 0.6 is 11.6 Å². The maximum Gasteiger partial charge on any atom is 0.326 e. The molecular weight excluding hydrogens is 344 g/mol. The van der Waals surface area contributed by atoms with E-state index in [1.165, 1.54) is 0 Å². The molecule has 0 saturated carbocycles. The Bertz CT molecular complexity index is 645. The summed E-state index contributed by atoms with van der Waals surface area (Å²) in [6, 6.07) is 5.71. The van der Waals surface area contributed by atoms with Crippen molar-refractivity contribution in [3.8, 4) is 0 Å². The first kappa shape index (κ1) is 19.2. The highest BCUT2D eigenvalue weighted by Crippen LogP contribution is 2.20. The molecule has 136 valence electrons. The largest absolute Gasteiger partial charge is 0.480 e. The van der Waals surface area contributed by atoms with Gasteiger partial charge < -0.3 is 15.3 Å². The van der Waals surface area contributed by atoms with Crippen molar-refractivity contribution in [3.63, 3.8) is 0 Å². The third kappa shape index (κ3) is 4.95. The van der Waals surface area contributed by atoms with E-state index in [0.29, 0.717) is 30.0 Å². The van der Waals surface area contributed by atoms with Crippen LogP contribution in [0.5, 0.6) is 0 Å². The highest BCUT2D eigenvalue weighted by atomic mass is 35.5. The van der Waals surface area contributed by atoms with Crippen LogP contribution in [0.1, 0.15) is 37.0 Å². The molecule has 1 fully saturated rings. The van der Waals surface area contributed by atoms with Gasteiger partial charge in [-0.2, -0.15) is 0 Å². The minimum Gasteiger partial charge on any atom is -0.480 e. The van der Waals surface area contributed by atoms with Crippen LogP contribution in [-0.2, 0) is 9.59 Å². The number of carboxylic acid groups (broad SMARTS) is 1. The Labute approximate surface area is 152 Å². The Morgan fingerprint density at radius 2 is 1.88 bits per heavy atom. The highest BCUT2D eigenvalue weighted by Gasteiger charge is 2.32. The second kappa shape index (κ2) is 8.34. The quantitative estimate of drug-likeness (QED) is 0.837. The third-order valence-electron chi connectivity index (χ3n) is 4.40. The fraction of sp³-hybridized carbons (Fsp3) is 0.500. The number of halogens is 1. The molecule has 2 N–H and O–H groups in total. The van der Waals surface area contributed by atoms with Crippen LogP contribution in [-0.4, -0.2) is 46.9 Å². The van der Waals surface area contributed by atoms with Crippen molar-refractivity contribution in [2.45, 2.75) is 32.7 Å². The van der Waals surface area contributed by atoms with Gasteiger partial charge in [-0.3, -0.25) is 9.59 Å². The van der Waals surface area contributed by atoms with Crippen molar-refractivity contribution >= 4 is 29.4 Å². The van der Waals surface area contributed by atoms with Crippen molar-refractivity contribution in [1.29, 1.82) is 0 Å². The van der Waals surface area contributed by atoms with Gasteiger partial charge in [0.2, 0.25) is 5.91 Å². The number of nitrogens with one attached hydrogen (secondary N) is 1. The first-order chi connectivity index (χ1) is 11.8. The van der Waals surface area contributed by atoms with Gasteiger partial charge in [-0.25, -0.2) is 4.79 Å². The number of carboxylic acids is 1. The molecule has 2 amide bonds. The molecule has 1 saturated heterocycles. The maximum atomic E-state index is 12.6. The first-order valence-corrected chi connectivity index (χ1v) is 8.75. The minimum absolute atomic E-state index is 0.146. The van der Waals surface area contributed by atoms with Gasteiger partial charge in [0, 0.05) is 23.7 Å². The van der Waals surface area contributed by atoms with E-state index in [-0.39, 0.29) is 24.3 Å². The van der Waals surface area contributed by atoms with E-state index in [9.17, 15) is 19.5 Å². The molecule has 0 spiro atoms. The van der Waals surface area contributed by atoms with E-state index >= 15 is 0 Å². The number of hydrogen-bond acceptors (Lipinski definition) is 3. The number of amides is 2. The highest BCUT2D eigenvalue weighted by molar-refractivity contribution is 6.30. The van der Waals surface area contributed by atoms with Gasteiger partial charge in [-0.1, -0.05) is 25.4 Å². The smallest absolute Gasteiger partial charge is 0.326 e. The van der Waals surface area contributed by atoms with Crippen LogP contribution in [0.2, 0.25) is 5.02 Å². The third-order valence-corrected chi connectivity index (χ3v) is 4.65. The molecule has 0 aromatic heterocycles. The van der Waals surface area contributed by atoms with E-state index in [1.54, 1.807) is 43.0 Å². The number of piperidine rings is 1. The van der Waals surface area contributed by atoms with Crippen molar-refractivity contribution in [1.82, 2.24) is 10.2 Å². The van der Waals surface area contributed by atoms with Crippen molar-refractivity contribution in [2.24, 2.45) is 11.8 Å². The van der Waals surface area contributed by atoms with Crippen LogP contribution in [0, 0.1) is 11.8 Å². The lowest BCUT2D eigenvalue weighted by Crippen LogP contribution is -2.50. The zero-order valence-electron chi connectivity index (χ0n) is 14.4. The molecule has 7 heteroatoms. The molecule has 0 bridgehead atoms. The molecule has 25 heavy (non-hydrogen) atoms. The second-order valence-corrected chi connectivity index (χ2v) is 7.10. The lowest BCUT2D eigenvalue weighted by atomic mass is 9.95. The molecule has 1 aromatic rings. The Hall–Kier alpha value is -2.08. The summed E-state index contributed by atoms with van der Waals surface area (Å²) in [7, 11) is 0. The predicted molar refractivity (Wildman–Crippen MR) is 94.5 cm³/mol.